The Labute approximate surface area is 131 Å². The van der Waals surface area contributed by atoms with Gasteiger partial charge < -0.3 is 9.47 Å². The number of rotatable bonds is 9. The van der Waals surface area contributed by atoms with Crippen molar-refractivity contribution in [3.05, 3.63) is 35.9 Å². The number of esters is 1. The van der Waals surface area contributed by atoms with Crippen molar-refractivity contribution in [1.82, 2.24) is 0 Å². The number of ether oxygens (including phenoxy) is 2. The van der Waals surface area contributed by atoms with E-state index in [0.717, 1.165) is 24.8 Å². The Hall–Kier alpha value is -1.68. The van der Waals surface area contributed by atoms with Crippen LogP contribution in [0, 0.1) is 5.92 Å². The van der Waals surface area contributed by atoms with E-state index in [4.69, 9.17) is 9.47 Å². The largest absolute Gasteiger partial charge is 0.469 e. The molecule has 4 heteroatoms. The summed E-state index contributed by atoms with van der Waals surface area (Å²) >= 11 is 0. The predicted molar refractivity (Wildman–Crippen MR) is 83.5 cm³/mol. The maximum absolute atomic E-state index is 12.3. The summed E-state index contributed by atoms with van der Waals surface area (Å²) in [5.74, 6) is -0.744. The summed E-state index contributed by atoms with van der Waals surface area (Å²) in [5.41, 5.74) is 1.03. The molecule has 1 aliphatic rings. The molecule has 3 atom stereocenters. The molecule has 0 unspecified atom stereocenters. The van der Waals surface area contributed by atoms with E-state index in [9.17, 15) is 9.59 Å². The topological polar surface area (TPSA) is 55.9 Å². The molecule has 120 valence electrons. The van der Waals surface area contributed by atoms with Crippen molar-refractivity contribution in [2.24, 2.45) is 5.92 Å². The third-order valence-electron chi connectivity index (χ3n) is 4.05. The molecule has 2 rings (SSSR count). The fraction of sp³-hybridized carbons (Fsp3) is 0.556. The zero-order valence-corrected chi connectivity index (χ0v) is 13.3. The second-order valence-electron chi connectivity index (χ2n) is 5.82. The molecule has 22 heavy (non-hydrogen) atoms. The van der Waals surface area contributed by atoms with Crippen LogP contribution in [0.4, 0.5) is 0 Å². The minimum atomic E-state index is -0.434. The molecule has 1 heterocycles. The molecule has 0 spiro atoms. The third kappa shape index (κ3) is 4.67. The van der Waals surface area contributed by atoms with Crippen LogP contribution in [0.25, 0.3) is 0 Å². The number of hydrogen-bond donors (Lipinski definition) is 0. The summed E-state index contributed by atoms with van der Waals surface area (Å²) in [5, 5.41) is 0. The second kappa shape index (κ2) is 8.08. The Morgan fingerprint density at radius 1 is 1.27 bits per heavy atom. The first-order valence-electron chi connectivity index (χ1n) is 7.95. The van der Waals surface area contributed by atoms with Crippen LogP contribution in [-0.2, 0) is 25.5 Å². The van der Waals surface area contributed by atoms with Crippen molar-refractivity contribution in [2.45, 2.75) is 51.2 Å². The number of Topliss-reactive ketones (excluding diaryl/α,β-unsaturated/α-hetero) is 1. The zero-order valence-electron chi connectivity index (χ0n) is 13.3. The highest BCUT2D eigenvalue weighted by Gasteiger charge is 2.44. The van der Waals surface area contributed by atoms with E-state index >= 15 is 0 Å². The van der Waals surface area contributed by atoms with Crippen molar-refractivity contribution >= 4 is 11.8 Å². The molecule has 1 fully saturated rings. The van der Waals surface area contributed by atoms with Gasteiger partial charge in [-0.1, -0.05) is 50.1 Å². The molecule has 0 bridgehead atoms. The molecule has 0 radical (unpaired) electrons. The molecular formula is C18H24O4. The number of carbonyl (C=O) groups excluding carboxylic acids is 2. The van der Waals surface area contributed by atoms with Gasteiger partial charge in [0, 0.05) is 6.42 Å². The van der Waals surface area contributed by atoms with Gasteiger partial charge in [0.2, 0.25) is 0 Å². The Balaban J connectivity index is 1.90. The smallest absolute Gasteiger partial charge is 0.309 e. The quantitative estimate of drug-likeness (QED) is 0.520. The Morgan fingerprint density at radius 3 is 2.64 bits per heavy atom. The lowest BCUT2D eigenvalue weighted by atomic mass is 9.92. The van der Waals surface area contributed by atoms with E-state index in [2.05, 4.69) is 6.92 Å². The van der Waals surface area contributed by atoms with Crippen molar-refractivity contribution in [1.29, 1.82) is 0 Å². The molecule has 0 amide bonds. The van der Waals surface area contributed by atoms with E-state index in [1.807, 2.05) is 30.3 Å². The summed E-state index contributed by atoms with van der Waals surface area (Å²) in [7, 11) is 1.36. The molecule has 0 N–H and O–H groups in total. The molecular weight excluding hydrogens is 280 g/mol. The van der Waals surface area contributed by atoms with Gasteiger partial charge in [-0.3, -0.25) is 9.59 Å². The van der Waals surface area contributed by atoms with Gasteiger partial charge in [0.25, 0.3) is 0 Å². The van der Waals surface area contributed by atoms with E-state index in [1.54, 1.807) is 0 Å². The SMILES string of the molecule is CCCC[C@H]1O[C@@H]1C(=O)C[C@@H](Cc1ccccc1)C(=O)OC. The van der Waals surface area contributed by atoms with Gasteiger partial charge in [-0.25, -0.2) is 0 Å². The van der Waals surface area contributed by atoms with E-state index < -0.39 is 5.92 Å². The Kier molecular flexibility index (Phi) is 6.13. The lowest BCUT2D eigenvalue weighted by Gasteiger charge is -2.13. The monoisotopic (exact) mass is 304 g/mol. The Bertz CT molecular complexity index is 497. The number of carbonyl (C=O) groups is 2. The highest BCUT2D eigenvalue weighted by Crippen LogP contribution is 2.30. The molecule has 0 saturated carbocycles. The lowest BCUT2D eigenvalue weighted by molar-refractivity contribution is -0.147. The third-order valence-corrected chi connectivity index (χ3v) is 4.05. The van der Waals surface area contributed by atoms with Gasteiger partial charge in [0.05, 0.1) is 19.1 Å². The van der Waals surface area contributed by atoms with Gasteiger partial charge in [-0.2, -0.15) is 0 Å². The van der Waals surface area contributed by atoms with Crippen LogP contribution in [-0.4, -0.2) is 31.1 Å². The predicted octanol–water partition coefficient (Wildman–Crippen LogP) is 2.94. The average Bonchev–Trinajstić information content (AvgIpc) is 3.32. The second-order valence-corrected chi connectivity index (χ2v) is 5.82. The molecule has 4 nitrogen and oxygen atoms in total. The number of unbranched alkanes of at least 4 members (excludes halogenated alkanes) is 1. The summed E-state index contributed by atoms with van der Waals surface area (Å²) in [6.45, 7) is 2.12. The van der Waals surface area contributed by atoms with Crippen LogP contribution in [0.1, 0.15) is 38.2 Å². The molecule has 1 aliphatic heterocycles. The fourth-order valence-corrected chi connectivity index (χ4v) is 2.71. The zero-order chi connectivity index (χ0) is 15.9. The van der Waals surface area contributed by atoms with Crippen LogP contribution >= 0.6 is 0 Å². The van der Waals surface area contributed by atoms with Crippen LogP contribution in [0.15, 0.2) is 30.3 Å². The minimum Gasteiger partial charge on any atom is -0.469 e. The summed E-state index contributed by atoms with van der Waals surface area (Å²) in [4.78, 5) is 24.2. The molecule has 1 aromatic carbocycles. The average molecular weight is 304 g/mol. The van der Waals surface area contributed by atoms with E-state index in [-0.39, 0.29) is 30.4 Å². The standard InChI is InChI=1S/C18H24O4/c1-3-4-10-16-17(22-16)15(19)12-14(18(20)21-2)11-13-8-6-5-7-9-13/h5-9,14,16-17H,3-4,10-12H2,1-2H3/t14-,16-,17-/m1/s1. The molecule has 0 aliphatic carbocycles. The van der Waals surface area contributed by atoms with Crippen molar-refractivity contribution in [2.75, 3.05) is 7.11 Å². The van der Waals surface area contributed by atoms with Gasteiger partial charge in [-0.05, 0) is 18.4 Å². The Morgan fingerprint density at radius 2 is 2.00 bits per heavy atom. The highest BCUT2D eigenvalue weighted by molar-refractivity contribution is 5.89. The molecule has 1 aromatic rings. The van der Waals surface area contributed by atoms with Gasteiger partial charge >= 0.3 is 5.97 Å². The van der Waals surface area contributed by atoms with Crippen LogP contribution < -0.4 is 0 Å². The first-order valence-corrected chi connectivity index (χ1v) is 7.95. The summed E-state index contributed by atoms with van der Waals surface area (Å²) in [6, 6.07) is 9.70. The van der Waals surface area contributed by atoms with E-state index in [0.29, 0.717) is 6.42 Å². The number of hydrogen-bond acceptors (Lipinski definition) is 4. The lowest BCUT2D eigenvalue weighted by Crippen LogP contribution is -2.24. The first-order chi connectivity index (χ1) is 10.7. The van der Waals surface area contributed by atoms with Gasteiger partial charge in [0.1, 0.15) is 6.10 Å². The summed E-state index contributed by atoms with van der Waals surface area (Å²) in [6.07, 6.45) is 3.55. The molecule has 1 saturated heterocycles. The maximum Gasteiger partial charge on any atom is 0.309 e. The van der Waals surface area contributed by atoms with Crippen LogP contribution in [0.3, 0.4) is 0 Å². The van der Waals surface area contributed by atoms with Crippen LogP contribution in [0.2, 0.25) is 0 Å². The van der Waals surface area contributed by atoms with Crippen molar-refractivity contribution < 1.29 is 19.1 Å². The number of benzene rings is 1. The normalized spacial score (nSPS) is 21.2. The van der Waals surface area contributed by atoms with Crippen molar-refractivity contribution in [3.8, 4) is 0 Å². The number of methoxy groups -OCH3 is 1. The number of epoxide rings is 1. The summed E-state index contributed by atoms with van der Waals surface area (Å²) < 4.78 is 10.3. The number of ketones is 1. The molecule has 0 aromatic heterocycles. The van der Waals surface area contributed by atoms with Gasteiger partial charge in [-0.15, -0.1) is 0 Å². The highest BCUT2D eigenvalue weighted by atomic mass is 16.6. The van der Waals surface area contributed by atoms with E-state index in [1.165, 1.54) is 7.11 Å². The maximum atomic E-state index is 12.3. The minimum absolute atomic E-state index is 0.0208. The van der Waals surface area contributed by atoms with Crippen LogP contribution in [0.5, 0.6) is 0 Å². The van der Waals surface area contributed by atoms with Gasteiger partial charge in [0.15, 0.2) is 5.78 Å². The fourth-order valence-electron chi connectivity index (χ4n) is 2.71. The van der Waals surface area contributed by atoms with Crippen molar-refractivity contribution in [3.63, 3.8) is 0 Å². The first kappa shape index (κ1) is 16.7.